The monoisotopic (exact) mass is 518 g/mol. The van der Waals surface area contributed by atoms with Gasteiger partial charge in [0.2, 0.25) is 0 Å². The standard InChI is InChI=1S/C28H23ClN2O2S2/c1-20-7-11-22(12-8-20)25-17-27(23-5-3-2-4-6-23)31-28(26(25)18-30)34-15-16-35(32,33)19-21-9-13-24(29)14-10-21/h2-14,17H,15-16,19H2,1H3. The van der Waals surface area contributed by atoms with Crippen molar-refractivity contribution in [2.24, 2.45) is 0 Å². The summed E-state index contributed by atoms with van der Waals surface area (Å²) in [6.07, 6.45) is 0. The number of halogens is 1. The molecule has 4 nitrogen and oxygen atoms in total. The Balaban J connectivity index is 1.63. The number of hydrogen-bond acceptors (Lipinski definition) is 5. The van der Waals surface area contributed by atoms with Crippen molar-refractivity contribution < 1.29 is 8.42 Å². The Kier molecular flexibility index (Phi) is 7.92. The number of benzene rings is 3. The lowest BCUT2D eigenvalue weighted by molar-refractivity contribution is 0.597. The molecule has 0 amide bonds. The van der Waals surface area contributed by atoms with Crippen molar-refractivity contribution in [1.82, 2.24) is 4.98 Å². The number of pyridine rings is 1. The fourth-order valence-corrected chi connectivity index (χ4v) is 6.60. The van der Waals surface area contributed by atoms with Crippen LogP contribution in [0.5, 0.6) is 0 Å². The molecule has 0 bridgehead atoms. The van der Waals surface area contributed by atoms with E-state index in [9.17, 15) is 13.7 Å². The van der Waals surface area contributed by atoms with Gasteiger partial charge in [-0.3, -0.25) is 0 Å². The first-order chi connectivity index (χ1) is 16.8. The van der Waals surface area contributed by atoms with Gasteiger partial charge in [-0.2, -0.15) is 5.26 Å². The second kappa shape index (κ2) is 11.1. The van der Waals surface area contributed by atoms with Gasteiger partial charge in [-0.1, -0.05) is 83.9 Å². The number of nitriles is 1. The van der Waals surface area contributed by atoms with Gasteiger partial charge in [-0.05, 0) is 36.2 Å². The van der Waals surface area contributed by atoms with Gasteiger partial charge in [0.1, 0.15) is 11.1 Å². The summed E-state index contributed by atoms with van der Waals surface area (Å²) in [7, 11) is -3.34. The fourth-order valence-electron chi connectivity index (χ4n) is 3.62. The minimum atomic E-state index is -3.34. The maximum atomic E-state index is 12.7. The topological polar surface area (TPSA) is 70.8 Å². The average molecular weight is 519 g/mol. The Morgan fingerprint density at radius 3 is 2.29 bits per heavy atom. The molecule has 0 saturated heterocycles. The summed E-state index contributed by atoms with van der Waals surface area (Å²) in [4.78, 5) is 4.76. The average Bonchev–Trinajstić information content (AvgIpc) is 2.86. The third-order valence-corrected chi connectivity index (χ3v) is 8.55. The third-order valence-electron chi connectivity index (χ3n) is 5.46. The smallest absolute Gasteiger partial charge is 0.155 e. The SMILES string of the molecule is Cc1ccc(-c2cc(-c3ccccc3)nc(SCCS(=O)(=O)Cc3ccc(Cl)cc3)c2C#N)cc1. The van der Waals surface area contributed by atoms with Crippen LogP contribution in [-0.4, -0.2) is 24.9 Å². The highest BCUT2D eigenvalue weighted by Crippen LogP contribution is 2.34. The molecule has 4 aromatic rings. The van der Waals surface area contributed by atoms with Crippen molar-refractivity contribution in [3.63, 3.8) is 0 Å². The molecular formula is C28H23ClN2O2S2. The molecule has 1 aromatic heterocycles. The highest BCUT2D eigenvalue weighted by atomic mass is 35.5. The van der Waals surface area contributed by atoms with Gasteiger partial charge in [0, 0.05) is 21.9 Å². The van der Waals surface area contributed by atoms with Crippen molar-refractivity contribution in [3.05, 3.63) is 107 Å². The molecule has 4 rings (SSSR count). The Bertz CT molecular complexity index is 1460. The van der Waals surface area contributed by atoms with Gasteiger partial charge in [-0.25, -0.2) is 13.4 Å². The molecule has 176 valence electrons. The van der Waals surface area contributed by atoms with Crippen LogP contribution in [0.25, 0.3) is 22.4 Å². The molecule has 3 aromatic carbocycles. The van der Waals surface area contributed by atoms with Crippen molar-refractivity contribution in [3.8, 4) is 28.5 Å². The van der Waals surface area contributed by atoms with E-state index < -0.39 is 9.84 Å². The zero-order valence-corrected chi connectivity index (χ0v) is 21.5. The molecule has 0 saturated carbocycles. The molecule has 0 unspecified atom stereocenters. The van der Waals surface area contributed by atoms with Crippen LogP contribution in [-0.2, 0) is 15.6 Å². The molecule has 0 aliphatic carbocycles. The molecule has 1 heterocycles. The fraction of sp³-hybridized carbons (Fsp3) is 0.143. The van der Waals surface area contributed by atoms with E-state index in [1.807, 2.05) is 67.6 Å². The lowest BCUT2D eigenvalue weighted by Gasteiger charge is -2.13. The molecule has 0 fully saturated rings. The molecule has 7 heteroatoms. The minimum absolute atomic E-state index is 0.0255. The molecular weight excluding hydrogens is 496 g/mol. The summed E-state index contributed by atoms with van der Waals surface area (Å²) in [5, 5.41) is 11.1. The number of sulfone groups is 1. The van der Waals surface area contributed by atoms with E-state index in [-0.39, 0.29) is 11.5 Å². The van der Waals surface area contributed by atoms with E-state index in [0.717, 1.165) is 27.9 Å². The zero-order valence-electron chi connectivity index (χ0n) is 19.1. The predicted molar refractivity (Wildman–Crippen MR) is 144 cm³/mol. The number of aromatic nitrogens is 1. The summed E-state index contributed by atoms with van der Waals surface area (Å²) in [5.41, 5.74) is 5.66. The molecule has 0 N–H and O–H groups in total. The molecule has 0 spiro atoms. The largest absolute Gasteiger partial charge is 0.240 e. The zero-order chi connectivity index (χ0) is 24.8. The van der Waals surface area contributed by atoms with Crippen LogP contribution >= 0.6 is 23.4 Å². The predicted octanol–water partition coefficient (Wildman–Crippen LogP) is 6.96. The van der Waals surface area contributed by atoms with Gasteiger partial charge in [0.05, 0.1) is 22.8 Å². The van der Waals surface area contributed by atoms with Crippen LogP contribution in [0.3, 0.4) is 0 Å². The summed E-state index contributed by atoms with van der Waals surface area (Å²) in [6, 6.07) is 28.8. The Labute approximate surface area is 215 Å². The van der Waals surface area contributed by atoms with E-state index in [4.69, 9.17) is 16.6 Å². The highest BCUT2D eigenvalue weighted by Gasteiger charge is 2.18. The van der Waals surface area contributed by atoms with E-state index in [1.54, 1.807) is 24.3 Å². The van der Waals surface area contributed by atoms with Crippen LogP contribution < -0.4 is 0 Å². The van der Waals surface area contributed by atoms with E-state index in [1.165, 1.54) is 11.8 Å². The summed E-state index contributed by atoms with van der Waals surface area (Å²) >= 11 is 7.20. The Hall–Kier alpha value is -3.11. The third kappa shape index (κ3) is 6.52. The molecule has 35 heavy (non-hydrogen) atoms. The van der Waals surface area contributed by atoms with Crippen LogP contribution in [0.1, 0.15) is 16.7 Å². The van der Waals surface area contributed by atoms with Gasteiger partial charge in [-0.15, -0.1) is 11.8 Å². The van der Waals surface area contributed by atoms with Gasteiger partial charge in [0.15, 0.2) is 9.84 Å². The van der Waals surface area contributed by atoms with Crippen molar-refractivity contribution in [1.29, 1.82) is 5.26 Å². The van der Waals surface area contributed by atoms with E-state index in [0.29, 0.717) is 26.9 Å². The van der Waals surface area contributed by atoms with Gasteiger partial charge < -0.3 is 0 Å². The first kappa shape index (κ1) is 25.0. The second-order valence-electron chi connectivity index (χ2n) is 8.15. The van der Waals surface area contributed by atoms with Crippen molar-refractivity contribution in [2.45, 2.75) is 17.7 Å². The Morgan fingerprint density at radius 1 is 0.943 bits per heavy atom. The van der Waals surface area contributed by atoms with E-state index >= 15 is 0 Å². The molecule has 0 atom stereocenters. The van der Waals surface area contributed by atoms with Crippen LogP contribution in [0.15, 0.2) is 90.0 Å². The number of aryl methyl sites for hydroxylation is 1. The van der Waals surface area contributed by atoms with Crippen LogP contribution in [0.2, 0.25) is 5.02 Å². The lowest BCUT2D eigenvalue weighted by Crippen LogP contribution is -2.11. The van der Waals surface area contributed by atoms with E-state index in [2.05, 4.69) is 6.07 Å². The second-order valence-corrected chi connectivity index (χ2v) is 11.9. The number of rotatable bonds is 8. The first-order valence-corrected chi connectivity index (χ1v) is 14.2. The summed E-state index contributed by atoms with van der Waals surface area (Å²) < 4.78 is 25.4. The van der Waals surface area contributed by atoms with Crippen molar-refractivity contribution >= 4 is 33.2 Å². The maximum Gasteiger partial charge on any atom is 0.155 e. The van der Waals surface area contributed by atoms with Crippen LogP contribution in [0, 0.1) is 18.3 Å². The Morgan fingerprint density at radius 2 is 1.63 bits per heavy atom. The number of nitrogens with zero attached hydrogens (tertiary/aromatic N) is 2. The first-order valence-electron chi connectivity index (χ1n) is 11.0. The number of thioether (sulfide) groups is 1. The molecule has 0 radical (unpaired) electrons. The summed E-state index contributed by atoms with van der Waals surface area (Å²) in [5.74, 6) is 0.216. The maximum absolute atomic E-state index is 12.7. The van der Waals surface area contributed by atoms with Gasteiger partial charge in [0.25, 0.3) is 0 Å². The molecule has 0 aliphatic heterocycles. The number of hydrogen-bond donors (Lipinski definition) is 0. The highest BCUT2D eigenvalue weighted by molar-refractivity contribution is 8.00. The summed E-state index contributed by atoms with van der Waals surface area (Å²) in [6.45, 7) is 2.02. The van der Waals surface area contributed by atoms with Crippen LogP contribution in [0.4, 0.5) is 0 Å². The lowest BCUT2D eigenvalue weighted by atomic mass is 9.98. The quantitative estimate of drug-likeness (QED) is 0.236. The minimum Gasteiger partial charge on any atom is -0.240 e. The van der Waals surface area contributed by atoms with Gasteiger partial charge >= 0.3 is 0 Å². The molecule has 0 aliphatic rings. The van der Waals surface area contributed by atoms with Crippen molar-refractivity contribution in [2.75, 3.05) is 11.5 Å². The normalized spacial score (nSPS) is 11.2.